The van der Waals surface area contributed by atoms with Gasteiger partial charge in [0.15, 0.2) is 0 Å². The van der Waals surface area contributed by atoms with Crippen LogP contribution in [0.1, 0.15) is 158 Å². The van der Waals surface area contributed by atoms with Gasteiger partial charge in [-0.1, -0.05) is 270 Å². The third-order valence-electron chi connectivity index (χ3n) is 13.3. The Balaban J connectivity index is 2.08. The average Bonchev–Trinajstić information content (AvgIpc) is 3.23. The smallest absolute Gasteiger partial charge is 0.000760 e. The number of benzene rings is 7. The highest BCUT2D eigenvalue weighted by atomic mass is 14.5. The van der Waals surface area contributed by atoms with Gasteiger partial charge in [0.1, 0.15) is 0 Å². The lowest BCUT2D eigenvalue weighted by Crippen LogP contribution is -2.36. The third-order valence-corrected chi connectivity index (χ3v) is 13.3. The summed E-state index contributed by atoms with van der Waals surface area (Å²) in [4.78, 5) is 0. The molecule has 0 aliphatic rings. The summed E-state index contributed by atoms with van der Waals surface area (Å²) in [5.41, 5.74) is 22.7. The van der Waals surface area contributed by atoms with Gasteiger partial charge in [0.25, 0.3) is 0 Å². The molecule has 342 valence electrons. The molecule has 0 N–H and O–H groups in total. The summed E-state index contributed by atoms with van der Waals surface area (Å²) in [6, 6.07) is 54.6. The predicted molar refractivity (Wildman–Crippen MR) is 291 cm³/mol. The molecule has 0 unspecified atom stereocenters. The fraction of sp³-hybridized carbons (Fsp3) is 0.364. The average molecular weight is 871 g/mol. The van der Waals surface area contributed by atoms with Crippen molar-refractivity contribution in [3.05, 3.63) is 179 Å². The molecule has 0 atom stereocenters. The molecule has 0 saturated heterocycles. The van der Waals surface area contributed by atoms with E-state index in [1.807, 2.05) is 0 Å². The first kappa shape index (κ1) is 48.5. The monoisotopic (exact) mass is 871 g/mol. The summed E-state index contributed by atoms with van der Waals surface area (Å²) in [6.45, 7) is 44.2. The Morgan fingerprint density at radius 1 is 0.197 bits per heavy atom. The normalized spacial score (nSPS) is 13.0. The molecular formula is C66H78. The van der Waals surface area contributed by atoms with Gasteiger partial charge in [-0.2, -0.15) is 0 Å². The van der Waals surface area contributed by atoms with Gasteiger partial charge in [0.05, 0.1) is 0 Å². The van der Waals surface area contributed by atoms with Crippen LogP contribution in [0.2, 0.25) is 0 Å². The Morgan fingerprint density at radius 3 is 0.727 bits per heavy atom. The Bertz CT molecular complexity index is 2770. The fourth-order valence-corrected chi connectivity index (χ4v) is 10.9. The summed E-state index contributed by atoms with van der Waals surface area (Å²) >= 11 is 0. The van der Waals surface area contributed by atoms with Crippen molar-refractivity contribution >= 4 is 0 Å². The van der Waals surface area contributed by atoms with Crippen LogP contribution in [0.3, 0.4) is 0 Å². The van der Waals surface area contributed by atoms with Gasteiger partial charge in [0, 0.05) is 0 Å². The largest absolute Gasteiger partial charge is 0.0622 e. The molecule has 0 spiro atoms. The van der Waals surface area contributed by atoms with Crippen molar-refractivity contribution in [2.24, 2.45) is 0 Å². The first-order chi connectivity index (χ1) is 30.6. The predicted octanol–water partition coefficient (Wildman–Crippen LogP) is 19.5. The van der Waals surface area contributed by atoms with Gasteiger partial charge in [-0.05, 0) is 133 Å². The van der Waals surface area contributed by atoms with Crippen molar-refractivity contribution in [1.82, 2.24) is 0 Å². The molecule has 0 bridgehead atoms. The highest BCUT2D eigenvalue weighted by molar-refractivity contribution is 6.16. The SMILES string of the molecule is CC(C)(C)c1ccccc1-c1c(-c2ccccc2)c(-c2ccccc2)c(-c2ccccc2)c(-c2ccccc2)c1-c1c(C(C)(C)C)c(C(C)(C)C)c(C(C)(C)C)c(C(C)(C)C)c1C(C)(C)C. The van der Waals surface area contributed by atoms with E-state index < -0.39 is 0 Å². The molecule has 7 rings (SSSR count). The highest BCUT2D eigenvalue weighted by Gasteiger charge is 2.45. The van der Waals surface area contributed by atoms with Crippen molar-refractivity contribution in [3.63, 3.8) is 0 Å². The van der Waals surface area contributed by atoms with Gasteiger partial charge in [0.2, 0.25) is 0 Å². The van der Waals surface area contributed by atoms with Gasteiger partial charge in [-0.15, -0.1) is 0 Å². The van der Waals surface area contributed by atoms with Gasteiger partial charge < -0.3 is 0 Å². The molecule has 0 aliphatic carbocycles. The number of hydrogen-bond acceptors (Lipinski definition) is 0. The van der Waals surface area contributed by atoms with E-state index in [0.29, 0.717) is 0 Å². The maximum absolute atomic E-state index is 2.48. The molecule has 0 fully saturated rings. The van der Waals surface area contributed by atoms with Crippen LogP contribution in [0.25, 0.3) is 66.8 Å². The lowest BCUT2D eigenvalue weighted by Gasteiger charge is -2.47. The second-order valence-electron chi connectivity index (χ2n) is 25.0. The summed E-state index contributed by atoms with van der Waals surface area (Å²) < 4.78 is 0. The van der Waals surface area contributed by atoms with Crippen LogP contribution < -0.4 is 0 Å². The summed E-state index contributed by atoms with van der Waals surface area (Å²) in [7, 11) is 0. The maximum atomic E-state index is 2.48. The van der Waals surface area contributed by atoms with E-state index in [0.717, 1.165) is 0 Å². The summed E-state index contributed by atoms with van der Waals surface area (Å²) in [5, 5.41) is 0. The molecule has 0 aliphatic heterocycles. The van der Waals surface area contributed by atoms with E-state index in [2.05, 4.69) is 270 Å². The standard InChI is InChI=1S/C66H78/c1-61(2,3)48-42-32-31-41-47(48)53-51(45-37-27-21-28-38-45)49(43-33-23-19-24-34-43)50(44-35-25-20-26-36-44)52(46-39-29-22-30-40-46)54(53)55-56(62(4,5)6)58(64(10,11)12)60(66(16,17)18)59(65(13,14)15)57(55)63(7,8)9/h19-42H,1-18H3. The fourth-order valence-electron chi connectivity index (χ4n) is 10.9. The Morgan fingerprint density at radius 2 is 0.439 bits per heavy atom. The van der Waals surface area contributed by atoms with Crippen LogP contribution in [-0.4, -0.2) is 0 Å². The zero-order valence-electron chi connectivity index (χ0n) is 43.9. The van der Waals surface area contributed by atoms with Gasteiger partial charge in [-0.25, -0.2) is 0 Å². The van der Waals surface area contributed by atoms with Crippen LogP contribution >= 0.6 is 0 Å². The first-order valence-electron chi connectivity index (χ1n) is 24.5. The second kappa shape index (κ2) is 17.3. The molecule has 0 heterocycles. The first-order valence-corrected chi connectivity index (χ1v) is 24.5. The summed E-state index contributed by atoms with van der Waals surface area (Å²) in [6.07, 6.45) is 0. The summed E-state index contributed by atoms with van der Waals surface area (Å²) in [5.74, 6) is 0. The molecule has 0 amide bonds. The van der Waals surface area contributed by atoms with Gasteiger partial charge in [-0.3, -0.25) is 0 Å². The van der Waals surface area contributed by atoms with Crippen LogP contribution in [0.4, 0.5) is 0 Å². The molecule has 66 heavy (non-hydrogen) atoms. The van der Waals surface area contributed by atoms with E-state index in [-0.39, 0.29) is 32.5 Å². The van der Waals surface area contributed by atoms with Crippen LogP contribution in [0.15, 0.2) is 146 Å². The van der Waals surface area contributed by atoms with Gasteiger partial charge >= 0.3 is 0 Å². The van der Waals surface area contributed by atoms with Crippen molar-refractivity contribution in [2.75, 3.05) is 0 Å². The zero-order chi connectivity index (χ0) is 48.4. The number of rotatable bonds is 6. The van der Waals surface area contributed by atoms with E-state index in [1.165, 1.54) is 100 Å². The Kier molecular flexibility index (Phi) is 12.7. The minimum Gasteiger partial charge on any atom is -0.0622 e. The minimum atomic E-state index is -0.263. The van der Waals surface area contributed by atoms with E-state index in [4.69, 9.17) is 0 Å². The zero-order valence-corrected chi connectivity index (χ0v) is 43.9. The molecule has 0 heteroatoms. The van der Waals surface area contributed by atoms with Crippen molar-refractivity contribution in [1.29, 1.82) is 0 Å². The van der Waals surface area contributed by atoms with E-state index in [1.54, 1.807) is 0 Å². The van der Waals surface area contributed by atoms with Crippen molar-refractivity contribution in [3.8, 4) is 66.8 Å². The topological polar surface area (TPSA) is 0 Å². The van der Waals surface area contributed by atoms with Crippen LogP contribution in [0, 0.1) is 0 Å². The Hall–Kier alpha value is -5.46. The number of hydrogen-bond donors (Lipinski definition) is 0. The van der Waals surface area contributed by atoms with E-state index in [9.17, 15) is 0 Å². The highest BCUT2D eigenvalue weighted by Crippen LogP contribution is 2.62. The molecule has 7 aromatic rings. The minimum absolute atomic E-state index is 0.144. The second-order valence-corrected chi connectivity index (χ2v) is 25.0. The molecule has 0 nitrogen and oxygen atoms in total. The molecular weight excluding hydrogens is 793 g/mol. The molecule has 7 aromatic carbocycles. The maximum Gasteiger partial charge on any atom is -0.000760 e. The Labute approximate surface area is 401 Å². The quantitative estimate of drug-likeness (QED) is 0.156. The molecule has 0 aromatic heterocycles. The lowest BCUT2D eigenvalue weighted by atomic mass is 9.57. The van der Waals surface area contributed by atoms with Crippen molar-refractivity contribution < 1.29 is 0 Å². The van der Waals surface area contributed by atoms with Crippen molar-refractivity contribution in [2.45, 2.75) is 157 Å². The van der Waals surface area contributed by atoms with Crippen LogP contribution in [-0.2, 0) is 32.5 Å². The molecule has 0 radical (unpaired) electrons. The van der Waals surface area contributed by atoms with E-state index >= 15 is 0 Å². The van der Waals surface area contributed by atoms with Crippen LogP contribution in [0.5, 0.6) is 0 Å². The molecule has 0 saturated carbocycles. The lowest BCUT2D eigenvalue weighted by molar-refractivity contribution is 0.461. The third kappa shape index (κ3) is 9.15.